The summed E-state index contributed by atoms with van der Waals surface area (Å²) in [4.78, 5) is 4.36. The first-order valence-electron chi connectivity index (χ1n) is 8.91. The van der Waals surface area contributed by atoms with Gasteiger partial charge in [0.05, 0.1) is 18.8 Å². The Morgan fingerprint density at radius 2 is 1.89 bits per heavy atom. The van der Waals surface area contributed by atoms with Gasteiger partial charge in [-0.05, 0) is 17.2 Å². The second-order valence-corrected chi connectivity index (χ2v) is 7.20. The van der Waals surface area contributed by atoms with E-state index in [0.29, 0.717) is 11.6 Å². The maximum absolute atomic E-state index is 5.33. The zero-order chi connectivity index (χ0) is 19.0. The van der Waals surface area contributed by atoms with E-state index < -0.39 is 0 Å². The molecule has 0 radical (unpaired) electrons. The molecule has 1 aliphatic rings. The zero-order valence-corrected chi connectivity index (χ0v) is 16.0. The number of ether oxygens (including phenoxy) is 1. The lowest BCUT2D eigenvalue weighted by molar-refractivity contribution is 0.403. The number of nitrogens with one attached hydrogen (secondary N) is 1. The molecule has 0 saturated heterocycles. The van der Waals surface area contributed by atoms with Crippen molar-refractivity contribution >= 4 is 17.8 Å². The lowest BCUT2D eigenvalue weighted by atomic mass is 9.69. The van der Waals surface area contributed by atoms with E-state index in [2.05, 4.69) is 66.4 Å². The van der Waals surface area contributed by atoms with Crippen LogP contribution >= 0.6 is 11.7 Å². The van der Waals surface area contributed by atoms with Crippen molar-refractivity contribution in [2.75, 3.05) is 7.11 Å². The molecule has 138 valence electrons. The van der Waals surface area contributed by atoms with Crippen LogP contribution in [0.2, 0.25) is 0 Å². The molecular weight excluding hydrogens is 370 g/mol. The van der Waals surface area contributed by atoms with Gasteiger partial charge in [0.15, 0.2) is 5.69 Å². The van der Waals surface area contributed by atoms with Gasteiger partial charge in [0, 0.05) is 35.5 Å². The molecule has 1 unspecified atom stereocenters. The Balaban J connectivity index is 1.65. The van der Waals surface area contributed by atoms with Crippen molar-refractivity contribution in [1.29, 1.82) is 0 Å². The molecule has 0 bridgehead atoms. The summed E-state index contributed by atoms with van der Waals surface area (Å²) < 4.78 is 13.9. The third-order valence-electron chi connectivity index (χ3n) is 5.21. The smallest absolute Gasteiger partial charge is 0.255 e. The summed E-state index contributed by atoms with van der Waals surface area (Å²) in [7, 11) is 1.60. The fraction of sp³-hybridized carbons (Fsp3) is 0.143. The quantitative estimate of drug-likeness (QED) is 0.575. The molecule has 3 heterocycles. The summed E-state index contributed by atoms with van der Waals surface area (Å²) in [6, 6.07) is 14.6. The summed E-state index contributed by atoms with van der Waals surface area (Å²) in [5, 5.41) is 7.75. The summed E-state index contributed by atoms with van der Waals surface area (Å²) in [6.07, 6.45) is 8.85. The van der Waals surface area contributed by atoms with Crippen molar-refractivity contribution < 1.29 is 4.74 Å². The Morgan fingerprint density at radius 1 is 1.04 bits per heavy atom. The lowest BCUT2D eigenvalue weighted by Crippen LogP contribution is -2.30. The Bertz CT molecular complexity index is 1090. The minimum atomic E-state index is -0.309. The molecule has 7 heteroatoms. The van der Waals surface area contributed by atoms with Gasteiger partial charge in [0.1, 0.15) is 5.69 Å². The number of allylic oxidation sites excluding steroid dienone is 1. The zero-order valence-electron chi connectivity index (χ0n) is 15.2. The molecule has 1 aromatic carbocycles. The van der Waals surface area contributed by atoms with Crippen LogP contribution in [0.25, 0.3) is 17.5 Å². The first kappa shape index (κ1) is 16.8. The average Bonchev–Trinajstić information content (AvgIpc) is 3.40. The minimum absolute atomic E-state index is 0.309. The van der Waals surface area contributed by atoms with Gasteiger partial charge in [-0.3, -0.25) is 10.1 Å². The van der Waals surface area contributed by atoms with E-state index in [1.165, 1.54) is 5.56 Å². The predicted octanol–water partition coefficient (Wildman–Crippen LogP) is 3.89. The molecule has 5 rings (SSSR count). The van der Waals surface area contributed by atoms with E-state index in [0.717, 1.165) is 40.7 Å². The highest BCUT2D eigenvalue weighted by molar-refractivity contribution is 6.99. The molecule has 0 aliphatic heterocycles. The number of pyridine rings is 1. The number of benzene rings is 1. The maximum atomic E-state index is 5.33. The van der Waals surface area contributed by atoms with Crippen LogP contribution in [-0.2, 0) is 11.8 Å². The average molecular weight is 387 g/mol. The minimum Gasteiger partial charge on any atom is -0.479 e. The lowest BCUT2D eigenvalue weighted by Gasteiger charge is -2.34. The van der Waals surface area contributed by atoms with Crippen molar-refractivity contribution in [2.24, 2.45) is 0 Å². The maximum Gasteiger partial charge on any atom is 0.255 e. The van der Waals surface area contributed by atoms with E-state index in [1.807, 2.05) is 18.3 Å². The molecule has 1 N–H and O–H groups in total. The first-order chi connectivity index (χ1) is 13.8. The van der Waals surface area contributed by atoms with Gasteiger partial charge in [-0.25, -0.2) is 0 Å². The van der Waals surface area contributed by atoms with Gasteiger partial charge in [-0.1, -0.05) is 48.6 Å². The molecule has 1 aliphatic carbocycles. The molecule has 28 heavy (non-hydrogen) atoms. The Kier molecular flexibility index (Phi) is 4.02. The van der Waals surface area contributed by atoms with Crippen LogP contribution in [0.1, 0.15) is 22.4 Å². The van der Waals surface area contributed by atoms with E-state index in [9.17, 15) is 0 Å². The number of nitrogens with zero attached hydrogens (tertiary/aromatic N) is 4. The van der Waals surface area contributed by atoms with Crippen molar-refractivity contribution in [3.8, 4) is 17.3 Å². The highest BCUT2D eigenvalue weighted by Gasteiger charge is 2.37. The van der Waals surface area contributed by atoms with Gasteiger partial charge in [-0.2, -0.15) is 9.47 Å². The fourth-order valence-electron chi connectivity index (χ4n) is 3.83. The number of fused-ring (bicyclic) bond motifs is 1. The van der Waals surface area contributed by atoms with Crippen LogP contribution in [0.5, 0.6) is 5.88 Å². The molecule has 6 nitrogen and oxygen atoms in total. The van der Waals surface area contributed by atoms with Crippen molar-refractivity contribution in [3.05, 3.63) is 83.3 Å². The highest BCUT2D eigenvalue weighted by atomic mass is 32.1. The largest absolute Gasteiger partial charge is 0.479 e. The number of aromatic amines is 1. The summed E-state index contributed by atoms with van der Waals surface area (Å²) in [5.41, 5.74) is 5.58. The predicted molar refractivity (Wildman–Crippen MR) is 108 cm³/mol. The summed E-state index contributed by atoms with van der Waals surface area (Å²) in [6.45, 7) is 0. The van der Waals surface area contributed by atoms with Gasteiger partial charge in [0.25, 0.3) is 5.88 Å². The van der Waals surface area contributed by atoms with Gasteiger partial charge >= 0.3 is 0 Å². The second-order valence-electron chi connectivity index (χ2n) is 6.68. The van der Waals surface area contributed by atoms with Gasteiger partial charge < -0.3 is 4.74 Å². The Hall–Kier alpha value is -3.32. The molecule has 0 saturated carbocycles. The molecule has 0 fully saturated rings. The normalized spacial score (nSPS) is 18.0. The number of H-pyrrole nitrogens is 1. The van der Waals surface area contributed by atoms with Crippen LogP contribution < -0.4 is 4.74 Å². The monoisotopic (exact) mass is 387 g/mol. The molecule has 4 aromatic rings. The Morgan fingerprint density at radius 3 is 2.68 bits per heavy atom. The SMILES string of the molecule is COc1nsnc1-c1n[nH]c2c1C=CC(c1ccccc1)(c1cccnc1)C2. The van der Waals surface area contributed by atoms with Crippen LogP contribution in [0.3, 0.4) is 0 Å². The molecular formula is C21H17N5OS. The molecule has 0 spiro atoms. The summed E-state index contributed by atoms with van der Waals surface area (Å²) in [5.74, 6) is 0.500. The highest BCUT2D eigenvalue weighted by Crippen LogP contribution is 2.43. The van der Waals surface area contributed by atoms with Crippen LogP contribution in [0.4, 0.5) is 0 Å². The molecule has 0 amide bonds. The number of hydrogen-bond donors (Lipinski definition) is 1. The first-order valence-corrected chi connectivity index (χ1v) is 9.64. The topological polar surface area (TPSA) is 76.6 Å². The standard InChI is InChI=1S/C21H17N5OS/c1-27-20-19(25-28-26-20)18-16-9-10-21(12-17(16)23-24-18,14-6-3-2-4-7-14)15-8-5-11-22-13-15/h2-11,13H,12H2,1H3,(H,23,24). The van der Waals surface area contributed by atoms with Crippen LogP contribution in [0, 0.1) is 0 Å². The van der Waals surface area contributed by atoms with E-state index in [1.54, 1.807) is 13.3 Å². The molecule has 1 atom stereocenters. The summed E-state index contributed by atoms with van der Waals surface area (Å²) >= 11 is 1.12. The van der Waals surface area contributed by atoms with Crippen molar-refractivity contribution in [3.63, 3.8) is 0 Å². The van der Waals surface area contributed by atoms with E-state index in [-0.39, 0.29) is 5.41 Å². The second kappa shape index (κ2) is 6.69. The molecule has 3 aromatic heterocycles. The van der Waals surface area contributed by atoms with E-state index in [4.69, 9.17) is 4.74 Å². The number of methoxy groups -OCH3 is 1. The number of rotatable bonds is 4. The van der Waals surface area contributed by atoms with E-state index >= 15 is 0 Å². The number of hydrogen-bond acceptors (Lipinski definition) is 6. The van der Waals surface area contributed by atoms with Crippen LogP contribution in [-0.4, -0.2) is 31.0 Å². The third kappa shape index (κ3) is 2.55. The van der Waals surface area contributed by atoms with Crippen LogP contribution in [0.15, 0.2) is 60.9 Å². The van der Waals surface area contributed by atoms with Crippen molar-refractivity contribution in [2.45, 2.75) is 11.8 Å². The van der Waals surface area contributed by atoms with Gasteiger partial charge in [0.2, 0.25) is 0 Å². The Labute approximate surface area is 166 Å². The third-order valence-corrected chi connectivity index (χ3v) is 5.73. The van der Waals surface area contributed by atoms with Crippen molar-refractivity contribution in [1.82, 2.24) is 23.9 Å². The fourth-order valence-corrected chi connectivity index (χ4v) is 4.35. The van der Waals surface area contributed by atoms with Gasteiger partial charge in [-0.15, -0.1) is 4.37 Å². The number of aromatic nitrogens is 5.